The molecule has 1 N–H and O–H groups in total. The van der Waals surface area contributed by atoms with E-state index in [2.05, 4.69) is 10.3 Å². The van der Waals surface area contributed by atoms with Crippen molar-refractivity contribution in [3.63, 3.8) is 0 Å². The minimum absolute atomic E-state index is 0.179. The fourth-order valence-electron chi connectivity index (χ4n) is 4.26. The van der Waals surface area contributed by atoms with Gasteiger partial charge in [-0.25, -0.2) is 9.79 Å². The molecule has 0 aliphatic carbocycles. The third kappa shape index (κ3) is 5.41. The van der Waals surface area contributed by atoms with Gasteiger partial charge in [0.05, 0.1) is 31.0 Å². The number of carbonyl (C=O) groups excluding carboxylic acids is 2. The number of nitrogens with one attached hydrogen (secondary N) is 1. The molecule has 0 bridgehead atoms. The zero-order valence-corrected chi connectivity index (χ0v) is 21.8. The van der Waals surface area contributed by atoms with E-state index >= 15 is 0 Å². The molecule has 1 amide bonds. The molecular formula is C27H29N3O5S. The second-order valence-corrected chi connectivity index (χ2v) is 9.32. The van der Waals surface area contributed by atoms with Gasteiger partial charge >= 0.3 is 5.97 Å². The summed E-state index contributed by atoms with van der Waals surface area (Å²) in [6.07, 6.45) is 1.90. The third-order valence-corrected chi connectivity index (χ3v) is 6.45. The average molecular weight is 508 g/mol. The molecule has 36 heavy (non-hydrogen) atoms. The van der Waals surface area contributed by atoms with E-state index in [4.69, 9.17) is 14.2 Å². The second kappa shape index (κ2) is 10.9. The van der Waals surface area contributed by atoms with Crippen molar-refractivity contribution in [3.8, 4) is 11.5 Å². The maximum Gasteiger partial charge on any atom is 0.338 e. The summed E-state index contributed by atoms with van der Waals surface area (Å²) in [5.41, 5.74) is 4.75. The number of hydrogen-bond acceptors (Lipinski definition) is 8. The van der Waals surface area contributed by atoms with Crippen molar-refractivity contribution >= 4 is 34.5 Å². The molecule has 8 nitrogen and oxygen atoms in total. The predicted molar refractivity (Wildman–Crippen MR) is 141 cm³/mol. The largest absolute Gasteiger partial charge is 0.493 e. The van der Waals surface area contributed by atoms with E-state index in [1.54, 1.807) is 13.0 Å². The molecule has 188 valence electrons. The fraction of sp³-hybridized carbons (Fsp3) is 0.296. The first-order chi connectivity index (χ1) is 17.3. The summed E-state index contributed by atoms with van der Waals surface area (Å²) in [4.78, 5) is 31.9. The maximum absolute atomic E-state index is 12.9. The Bertz CT molecular complexity index is 1260. The van der Waals surface area contributed by atoms with E-state index in [1.807, 2.05) is 67.6 Å². The van der Waals surface area contributed by atoms with Crippen LogP contribution in [0.1, 0.15) is 36.6 Å². The lowest BCUT2D eigenvalue weighted by Crippen LogP contribution is -2.34. The molecule has 1 atom stereocenters. The van der Waals surface area contributed by atoms with Crippen molar-refractivity contribution in [2.45, 2.75) is 33.7 Å². The van der Waals surface area contributed by atoms with Gasteiger partial charge in [0.2, 0.25) is 0 Å². The molecule has 2 aromatic rings. The van der Waals surface area contributed by atoms with E-state index in [0.29, 0.717) is 22.8 Å². The highest BCUT2D eigenvalue weighted by atomic mass is 32.2. The van der Waals surface area contributed by atoms with Crippen molar-refractivity contribution in [2.24, 2.45) is 4.99 Å². The van der Waals surface area contributed by atoms with Gasteiger partial charge in [-0.3, -0.25) is 4.79 Å². The summed E-state index contributed by atoms with van der Waals surface area (Å²) in [6.45, 7) is 7.63. The number of hydrogen-bond donors (Lipinski definition) is 1. The SMILES string of the molecule is CCOC(=O)C1=C(C)N=C2SC=CN2[C@@H]1c1ccc(OCC(=O)Nc2cc(C)cc(C)c2)c(OC)c1. The quantitative estimate of drug-likeness (QED) is 0.498. The van der Waals surface area contributed by atoms with Crippen LogP contribution < -0.4 is 14.8 Å². The molecule has 0 aromatic heterocycles. The van der Waals surface area contributed by atoms with Gasteiger partial charge in [-0.2, -0.15) is 0 Å². The third-order valence-electron chi connectivity index (χ3n) is 5.68. The van der Waals surface area contributed by atoms with Crippen LogP contribution in [0.5, 0.6) is 11.5 Å². The Kier molecular flexibility index (Phi) is 7.69. The smallest absolute Gasteiger partial charge is 0.338 e. The lowest BCUT2D eigenvalue weighted by atomic mass is 9.94. The summed E-state index contributed by atoms with van der Waals surface area (Å²) < 4.78 is 16.7. The number of rotatable bonds is 8. The number of allylic oxidation sites excluding steroid dienone is 1. The number of ether oxygens (including phenoxy) is 3. The Balaban J connectivity index is 1.55. The van der Waals surface area contributed by atoms with E-state index < -0.39 is 12.0 Å². The van der Waals surface area contributed by atoms with E-state index in [0.717, 1.165) is 27.5 Å². The Hall–Kier alpha value is -3.72. The number of thioether (sulfide) groups is 1. The molecule has 0 saturated heterocycles. The van der Waals surface area contributed by atoms with Crippen LogP contribution in [0.2, 0.25) is 0 Å². The topological polar surface area (TPSA) is 89.5 Å². The standard InChI is InChI=1S/C27H29N3O5S/c1-6-34-26(32)24-18(4)28-27-30(9-10-36-27)25(24)19-7-8-21(22(14-19)33-5)35-15-23(31)29-20-12-16(2)11-17(3)13-20/h7-14,25H,6,15H2,1-5H3,(H,29,31)/t25-/m1/s1. The van der Waals surface area contributed by atoms with Crippen LogP contribution in [0.3, 0.4) is 0 Å². The van der Waals surface area contributed by atoms with Gasteiger partial charge in [0.25, 0.3) is 5.91 Å². The van der Waals surface area contributed by atoms with Crippen LogP contribution in [0.25, 0.3) is 0 Å². The van der Waals surface area contributed by atoms with Crippen LogP contribution >= 0.6 is 11.8 Å². The lowest BCUT2D eigenvalue weighted by Gasteiger charge is -2.33. The predicted octanol–water partition coefficient (Wildman–Crippen LogP) is 5.10. The van der Waals surface area contributed by atoms with Gasteiger partial charge in [-0.15, -0.1) is 0 Å². The van der Waals surface area contributed by atoms with Crippen molar-refractivity contribution in [2.75, 3.05) is 25.6 Å². The monoisotopic (exact) mass is 507 g/mol. The highest BCUT2D eigenvalue weighted by molar-refractivity contribution is 8.16. The number of amidine groups is 1. The number of aliphatic imine (C=N–C) groups is 1. The number of methoxy groups -OCH3 is 1. The first-order valence-corrected chi connectivity index (χ1v) is 12.5. The minimum Gasteiger partial charge on any atom is -0.493 e. The number of amides is 1. The molecule has 0 saturated carbocycles. The van der Waals surface area contributed by atoms with Gasteiger partial charge in [0.1, 0.15) is 0 Å². The van der Waals surface area contributed by atoms with Gasteiger partial charge in [-0.05, 0) is 74.1 Å². The van der Waals surface area contributed by atoms with E-state index in [-0.39, 0.29) is 19.1 Å². The molecule has 0 fully saturated rings. The fourth-order valence-corrected chi connectivity index (χ4v) is 5.05. The molecule has 0 unspecified atom stereocenters. The molecule has 0 spiro atoms. The second-order valence-electron chi connectivity index (χ2n) is 8.45. The number of carbonyl (C=O) groups is 2. The first-order valence-electron chi connectivity index (χ1n) is 11.6. The van der Waals surface area contributed by atoms with Crippen molar-refractivity contribution in [3.05, 3.63) is 76.0 Å². The number of anilines is 1. The van der Waals surface area contributed by atoms with Gasteiger partial charge in [-0.1, -0.05) is 23.9 Å². The lowest BCUT2D eigenvalue weighted by molar-refractivity contribution is -0.139. The maximum atomic E-state index is 12.9. The summed E-state index contributed by atoms with van der Waals surface area (Å²) in [7, 11) is 1.54. The summed E-state index contributed by atoms with van der Waals surface area (Å²) in [5.74, 6) is 0.191. The highest BCUT2D eigenvalue weighted by Gasteiger charge is 2.37. The normalized spacial score (nSPS) is 16.4. The van der Waals surface area contributed by atoms with Crippen molar-refractivity contribution in [1.29, 1.82) is 0 Å². The number of nitrogens with zero attached hydrogens (tertiary/aromatic N) is 2. The highest BCUT2D eigenvalue weighted by Crippen LogP contribution is 2.43. The number of aryl methyl sites for hydroxylation is 2. The van der Waals surface area contributed by atoms with Crippen molar-refractivity contribution < 1.29 is 23.8 Å². The van der Waals surface area contributed by atoms with Gasteiger partial charge in [0, 0.05) is 11.9 Å². The minimum atomic E-state index is -0.432. The number of benzene rings is 2. The molecule has 0 radical (unpaired) electrons. The van der Waals surface area contributed by atoms with Crippen LogP contribution in [0, 0.1) is 13.8 Å². The van der Waals surface area contributed by atoms with Crippen molar-refractivity contribution in [1.82, 2.24) is 4.90 Å². The molecule has 2 aliphatic rings. The van der Waals surface area contributed by atoms with Gasteiger partial charge < -0.3 is 24.4 Å². The summed E-state index contributed by atoms with van der Waals surface area (Å²) in [5, 5.41) is 5.57. The first kappa shape index (κ1) is 25.4. The average Bonchev–Trinajstić information content (AvgIpc) is 3.29. The molecule has 9 heteroatoms. The molecule has 4 rings (SSSR count). The zero-order valence-electron chi connectivity index (χ0n) is 21.0. The molecule has 2 aromatic carbocycles. The molecular weight excluding hydrogens is 478 g/mol. The number of esters is 1. The zero-order chi connectivity index (χ0) is 25.8. The van der Waals surface area contributed by atoms with Crippen LogP contribution in [-0.4, -0.2) is 42.3 Å². The molecule has 2 aliphatic heterocycles. The van der Waals surface area contributed by atoms with Crippen LogP contribution in [0.15, 0.2) is 64.3 Å². The van der Waals surface area contributed by atoms with Crippen LogP contribution in [-0.2, 0) is 14.3 Å². The molecule has 2 heterocycles. The van der Waals surface area contributed by atoms with Gasteiger partial charge in [0.15, 0.2) is 23.3 Å². The summed E-state index contributed by atoms with van der Waals surface area (Å²) in [6, 6.07) is 10.8. The Morgan fingerprint density at radius 1 is 1.08 bits per heavy atom. The van der Waals surface area contributed by atoms with E-state index in [9.17, 15) is 9.59 Å². The Morgan fingerprint density at radius 3 is 2.53 bits per heavy atom. The summed E-state index contributed by atoms with van der Waals surface area (Å²) >= 11 is 1.49. The Labute approximate surface area is 215 Å². The number of fused-ring (bicyclic) bond motifs is 1. The van der Waals surface area contributed by atoms with E-state index in [1.165, 1.54) is 18.9 Å². The Morgan fingerprint density at radius 2 is 1.83 bits per heavy atom. The van der Waals surface area contributed by atoms with Crippen LogP contribution in [0.4, 0.5) is 5.69 Å².